The highest BCUT2D eigenvalue weighted by molar-refractivity contribution is 8.00. The van der Waals surface area contributed by atoms with Gasteiger partial charge in [0.25, 0.3) is 5.56 Å². The third-order valence-corrected chi connectivity index (χ3v) is 5.65. The summed E-state index contributed by atoms with van der Waals surface area (Å²) in [7, 11) is 0. The number of H-pyrrole nitrogens is 1. The third kappa shape index (κ3) is 5.82. The molecule has 9 heteroatoms. The number of hydrogen-bond acceptors (Lipinski definition) is 6. The number of nitrogens with one attached hydrogen (secondary N) is 3. The molecule has 1 unspecified atom stereocenters. The monoisotopic (exact) mass is 451 g/mol. The molecule has 1 aromatic heterocycles. The molecule has 2 amide bonds. The van der Waals surface area contributed by atoms with E-state index in [9.17, 15) is 14.4 Å². The lowest BCUT2D eigenvalue weighted by Gasteiger charge is -2.12. The number of hydrogen-bond donors (Lipinski definition) is 3. The molecule has 0 aliphatic carbocycles. The summed E-state index contributed by atoms with van der Waals surface area (Å²) in [4.78, 5) is 39.8. The standard InChI is InChI=1S/C23H25N5O3S/c1-5-19(29)25-18-11-8-14(3)12-17(18)20-22(31)26-23(28-27-20)32-15(4)21(30)24-16-9-6-13(2)7-10-16/h6-12,15H,5H2,1-4H3,(H,24,30)(H,25,29)(H,26,28,31). The second-order valence-electron chi connectivity index (χ2n) is 7.37. The van der Waals surface area contributed by atoms with Gasteiger partial charge in [0.05, 0.1) is 10.9 Å². The number of anilines is 2. The number of nitrogens with zero attached hydrogens (tertiary/aromatic N) is 2. The van der Waals surface area contributed by atoms with Crippen molar-refractivity contribution in [3.63, 3.8) is 0 Å². The quantitative estimate of drug-likeness (QED) is 0.469. The molecule has 1 atom stereocenters. The fourth-order valence-electron chi connectivity index (χ4n) is 2.85. The van der Waals surface area contributed by atoms with Crippen LogP contribution in [-0.4, -0.2) is 32.2 Å². The van der Waals surface area contributed by atoms with Crippen LogP contribution in [0.5, 0.6) is 0 Å². The van der Waals surface area contributed by atoms with E-state index >= 15 is 0 Å². The summed E-state index contributed by atoms with van der Waals surface area (Å²) in [6.45, 7) is 7.33. The second-order valence-corrected chi connectivity index (χ2v) is 8.70. The molecular formula is C23H25N5O3S. The van der Waals surface area contributed by atoms with Crippen LogP contribution in [0.1, 0.15) is 31.4 Å². The summed E-state index contributed by atoms with van der Waals surface area (Å²) in [6.07, 6.45) is 0.313. The molecule has 0 spiro atoms. The highest BCUT2D eigenvalue weighted by Gasteiger charge is 2.19. The van der Waals surface area contributed by atoms with E-state index in [1.165, 1.54) is 0 Å². The molecule has 3 aromatic rings. The van der Waals surface area contributed by atoms with Crippen molar-refractivity contribution < 1.29 is 9.59 Å². The zero-order chi connectivity index (χ0) is 23.3. The number of aromatic amines is 1. The van der Waals surface area contributed by atoms with Crippen molar-refractivity contribution in [3.8, 4) is 11.3 Å². The molecule has 0 saturated heterocycles. The summed E-state index contributed by atoms with van der Waals surface area (Å²) in [6, 6.07) is 12.8. The maximum Gasteiger partial charge on any atom is 0.278 e. The van der Waals surface area contributed by atoms with Gasteiger partial charge in [0, 0.05) is 17.7 Å². The molecule has 0 radical (unpaired) electrons. The van der Waals surface area contributed by atoms with Crippen LogP contribution in [0.2, 0.25) is 0 Å². The predicted octanol–water partition coefficient (Wildman–Crippen LogP) is 3.92. The number of benzene rings is 2. The van der Waals surface area contributed by atoms with Gasteiger partial charge >= 0.3 is 0 Å². The van der Waals surface area contributed by atoms with Gasteiger partial charge in [0.2, 0.25) is 11.8 Å². The van der Waals surface area contributed by atoms with Crippen LogP contribution in [0, 0.1) is 13.8 Å². The van der Waals surface area contributed by atoms with Crippen LogP contribution in [-0.2, 0) is 9.59 Å². The number of carbonyl (C=O) groups excluding carboxylic acids is 2. The van der Waals surface area contributed by atoms with Gasteiger partial charge in [0.15, 0.2) is 10.9 Å². The second kappa shape index (κ2) is 10.2. The lowest BCUT2D eigenvalue weighted by Crippen LogP contribution is -2.23. The maximum absolute atomic E-state index is 12.7. The van der Waals surface area contributed by atoms with Gasteiger partial charge in [0.1, 0.15) is 0 Å². The number of amides is 2. The third-order valence-electron chi connectivity index (χ3n) is 4.68. The number of aromatic nitrogens is 3. The molecule has 0 aliphatic rings. The number of aryl methyl sites for hydroxylation is 2. The Morgan fingerprint density at radius 3 is 2.38 bits per heavy atom. The number of thioether (sulfide) groups is 1. The van der Waals surface area contributed by atoms with Gasteiger partial charge in [-0.25, -0.2) is 0 Å². The Labute approximate surface area is 190 Å². The van der Waals surface area contributed by atoms with E-state index < -0.39 is 10.8 Å². The Bertz CT molecular complexity index is 1190. The first-order chi connectivity index (χ1) is 15.3. The van der Waals surface area contributed by atoms with Crippen LogP contribution in [0.15, 0.2) is 52.4 Å². The maximum atomic E-state index is 12.7. The van der Waals surface area contributed by atoms with E-state index in [-0.39, 0.29) is 22.7 Å². The first kappa shape index (κ1) is 23.2. The molecular weight excluding hydrogens is 426 g/mol. The minimum absolute atomic E-state index is 0.0983. The van der Waals surface area contributed by atoms with Gasteiger partial charge < -0.3 is 10.6 Å². The number of carbonyl (C=O) groups is 2. The van der Waals surface area contributed by atoms with E-state index in [0.29, 0.717) is 23.4 Å². The Morgan fingerprint density at radius 1 is 1.03 bits per heavy atom. The van der Waals surface area contributed by atoms with E-state index in [0.717, 1.165) is 22.9 Å². The molecule has 32 heavy (non-hydrogen) atoms. The van der Waals surface area contributed by atoms with Gasteiger partial charge in [-0.1, -0.05) is 48.0 Å². The highest BCUT2D eigenvalue weighted by atomic mass is 32.2. The van der Waals surface area contributed by atoms with Gasteiger partial charge in [-0.3, -0.25) is 19.4 Å². The van der Waals surface area contributed by atoms with Gasteiger partial charge in [-0.15, -0.1) is 10.2 Å². The predicted molar refractivity (Wildman–Crippen MR) is 127 cm³/mol. The highest BCUT2D eigenvalue weighted by Crippen LogP contribution is 2.26. The fourth-order valence-corrected chi connectivity index (χ4v) is 3.60. The van der Waals surface area contributed by atoms with Crippen LogP contribution in [0.3, 0.4) is 0 Å². The smallest absolute Gasteiger partial charge is 0.278 e. The van der Waals surface area contributed by atoms with Gasteiger partial charge in [-0.05, 0) is 45.0 Å². The number of rotatable bonds is 7. The summed E-state index contributed by atoms with van der Waals surface area (Å²) >= 11 is 1.10. The zero-order valence-electron chi connectivity index (χ0n) is 18.4. The lowest BCUT2D eigenvalue weighted by molar-refractivity contribution is -0.116. The van der Waals surface area contributed by atoms with Crippen LogP contribution < -0.4 is 16.2 Å². The van der Waals surface area contributed by atoms with E-state index in [1.54, 1.807) is 26.0 Å². The molecule has 3 rings (SSSR count). The Morgan fingerprint density at radius 2 is 1.72 bits per heavy atom. The summed E-state index contributed by atoms with van der Waals surface area (Å²) in [5, 5.41) is 13.5. The minimum atomic E-state index is -0.509. The molecule has 0 fully saturated rings. The fraction of sp³-hybridized carbons (Fsp3) is 0.261. The van der Waals surface area contributed by atoms with Crippen LogP contribution in [0.25, 0.3) is 11.3 Å². The van der Waals surface area contributed by atoms with E-state index in [4.69, 9.17) is 0 Å². The summed E-state index contributed by atoms with van der Waals surface area (Å²) in [5.74, 6) is -0.381. The van der Waals surface area contributed by atoms with Crippen molar-refractivity contribution in [2.45, 2.75) is 44.5 Å². The largest absolute Gasteiger partial charge is 0.325 e. The molecule has 1 heterocycles. The topological polar surface area (TPSA) is 117 Å². The Balaban J connectivity index is 1.77. The minimum Gasteiger partial charge on any atom is -0.325 e. The van der Waals surface area contributed by atoms with Crippen LogP contribution >= 0.6 is 11.8 Å². The first-order valence-electron chi connectivity index (χ1n) is 10.2. The average molecular weight is 452 g/mol. The van der Waals surface area contributed by atoms with Crippen molar-refractivity contribution in [1.29, 1.82) is 0 Å². The van der Waals surface area contributed by atoms with Crippen molar-refractivity contribution in [3.05, 3.63) is 63.9 Å². The normalized spacial score (nSPS) is 11.6. The van der Waals surface area contributed by atoms with E-state index in [2.05, 4.69) is 25.8 Å². The summed E-state index contributed by atoms with van der Waals surface area (Å²) in [5.41, 5.74) is 3.34. The Kier molecular flexibility index (Phi) is 7.42. The molecule has 166 valence electrons. The molecule has 0 aliphatic heterocycles. The summed E-state index contributed by atoms with van der Waals surface area (Å²) < 4.78 is 0. The van der Waals surface area contributed by atoms with E-state index in [1.807, 2.05) is 44.2 Å². The molecule has 0 saturated carbocycles. The van der Waals surface area contributed by atoms with Crippen molar-refractivity contribution in [2.75, 3.05) is 10.6 Å². The molecule has 3 N–H and O–H groups in total. The zero-order valence-corrected chi connectivity index (χ0v) is 19.2. The average Bonchev–Trinajstić information content (AvgIpc) is 2.76. The first-order valence-corrected chi connectivity index (χ1v) is 11.1. The molecule has 2 aromatic carbocycles. The van der Waals surface area contributed by atoms with Crippen molar-refractivity contribution in [1.82, 2.24) is 15.2 Å². The SMILES string of the molecule is CCC(=O)Nc1ccc(C)cc1-c1nnc(SC(C)C(=O)Nc2ccc(C)cc2)[nH]c1=O. The van der Waals surface area contributed by atoms with Crippen molar-refractivity contribution in [2.24, 2.45) is 0 Å². The lowest BCUT2D eigenvalue weighted by atomic mass is 10.1. The molecule has 0 bridgehead atoms. The molecule has 8 nitrogen and oxygen atoms in total. The Hall–Kier alpha value is -3.46. The van der Waals surface area contributed by atoms with Crippen molar-refractivity contribution >= 4 is 35.0 Å². The van der Waals surface area contributed by atoms with Gasteiger partial charge in [-0.2, -0.15) is 0 Å². The van der Waals surface area contributed by atoms with Crippen LogP contribution in [0.4, 0.5) is 11.4 Å².